The molecule has 6 aromatic heterocycles. The average Bonchev–Trinajstić information content (AvgIpc) is 1.67. The van der Waals surface area contributed by atoms with Crippen molar-refractivity contribution in [2.45, 2.75) is 350 Å². The summed E-state index contributed by atoms with van der Waals surface area (Å²) in [7, 11) is 2.15. The van der Waals surface area contributed by atoms with Crippen LogP contribution in [0, 0.1) is 143 Å². The topological polar surface area (TPSA) is 197 Å². The number of fused-ring (bicyclic) bond motifs is 30. The number of aliphatic hydroxyl groups is 5. The third kappa shape index (κ3) is 15.2. The summed E-state index contributed by atoms with van der Waals surface area (Å²) in [5, 5.41) is 65.3. The van der Waals surface area contributed by atoms with Gasteiger partial charge in [-0.05, 0) is 445 Å². The molecule has 0 radical (unpaired) electrons. The summed E-state index contributed by atoms with van der Waals surface area (Å²) >= 11 is 0. The second kappa shape index (κ2) is 36.4. The van der Waals surface area contributed by atoms with Gasteiger partial charge >= 0.3 is 0 Å². The van der Waals surface area contributed by atoms with Gasteiger partial charge in [0.05, 0.1) is 77.6 Å². The molecule has 15 heteroatoms. The molecule has 0 bridgehead atoms. The predicted molar refractivity (Wildman–Crippen MR) is 591 cm³/mol. The van der Waals surface area contributed by atoms with Gasteiger partial charge < -0.3 is 29.9 Å². The van der Waals surface area contributed by atoms with Gasteiger partial charge in [-0.25, -0.2) is 14.5 Å². The summed E-state index contributed by atoms with van der Waals surface area (Å²) < 4.78 is 8.55. The Morgan fingerprint density at radius 2 is 0.741 bits per heavy atom. The van der Waals surface area contributed by atoms with E-state index in [1.165, 1.54) is 209 Å². The first-order valence-electron chi connectivity index (χ1n) is 58.9. The Hall–Kier alpha value is -8.96. The Kier molecular flexibility index (Phi) is 24.1. The number of allylic oxidation sites excluding steroid dienone is 17. The predicted octanol–water partition coefficient (Wildman–Crippen LogP) is 28.5. The average molecular weight is 1970 g/mol. The molecule has 774 valence electrons. The largest absolute Gasteiger partial charge is 0.393 e. The van der Waals surface area contributed by atoms with Crippen LogP contribution in [-0.2, 0) is 20.0 Å². The number of hydrogen-bond acceptors (Lipinski definition) is 11. The van der Waals surface area contributed by atoms with Gasteiger partial charge in [0.15, 0.2) is 5.65 Å². The Bertz CT molecular complexity index is 6710. The van der Waals surface area contributed by atoms with E-state index in [0.717, 1.165) is 203 Å². The number of imidazole rings is 1. The van der Waals surface area contributed by atoms with Gasteiger partial charge in [0.25, 0.3) is 0 Å². The van der Waals surface area contributed by atoms with Crippen LogP contribution in [0.25, 0.3) is 62.6 Å². The zero-order valence-corrected chi connectivity index (χ0v) is 90.2. The standard InChI is InChI=1S/C28H33NO.C27H36N2O.C26H34N2O.C26H32N2O.C25H31N3O/c1-27-14-12-19(30)16-18(27)8-9-21-23-10-11-24(28(23,2)15-13-25(21)27)22-17-29-26-7-5-3-4-6-20(22)26;1-26-14-12-18(30)16-17(26)8-9-19-21-10-11-23(27(21,2)15-13-22(19)26)25-20-6-4-5-7-24(20)28-29(25)3;1-25-12-10-18(29)15-17(25)6-7-19-21-8-9-22(26(21,2)13-11-23(19)25)20-16-27-28-14-4-3-5-24(20)28;1-25-12-10-18(29)15-17(25)6-7-19-20-8-9-22(26(20,2)13-11-21(19)25)23-16-27-24-5-3-4-14-28(23)24;1-24-10-8-17(29)14-16(24)4-5-18-20-6-7-21(25(20,2)11-9-22(18)24)19-15-27-28-13-3-12-26-23(19)28/h3-8,11,17,19,21,23,25,30H,9-10,12-16H2,1-2H3;4,6,8,11,18-19,21-22,30H,5,7,9-10,12-16H2,1-3H3;3,5-6,9,16,18-19,21,23,29H,4,7-8,10-15H2,1-2H3;3-6,9,14,16,18-21,29H,7-8,10-13,15H2,1-2H3;3-4,7,12-13,15,17-18,20,22,29H,5-6,8-11,14H2,1-2H3/t19-,21?,23?,25?,27-,28-;18-,19?,21?,22?,26-,27-;18-,19?,21?,23?,25-,26-;18-,19?,20?,21?,25-,26-;17-,18?,20?,22?,24-,25-/m00000/s1. The van der Waals surface area contributed by atoms with E-state index in [2.05, 4.69) is 263 Å². The maximum Gasteiger partial charge on any atom is 0.162 e. The molecule has 10 fully saturated rings. The van der Waals surface area contributed by atoms with Gasteiger partial charge in [0.2, 0.25) is 0 Å². The number of aromatic nitrogens is 10. The lowest BCUT2D eigenvalue weighted by Gasteiger charge is -2.57. The van der Waals surface area contributed by atoms with Crippen LogP contribution in [-0.4, -0.2) is 105 Å². The first-order chi connectivity index (χ1) is 70.9. The van der Waals surface area contributed by atoms with Crippen LogP contribution in [0.4, 0.5) is 0 Å². The molecular formula is C132H166N10O5. The van der Waals surface area contributed by atoms with Crippen molar-refractivity contribution in [1.29, 1.82) is 0 Å². The Balaban J connectivity index is 0.0000000932. The van der Waals surface area contributed by atoms with Gasteiger partial charge in [-0.3, -0.25) is 14.3 Å². The molecule has 0 aromatic carbocycles. The molecule has 30 atom stereocenters. The van der Waals surface area contributed by atoms with Crippen LogP contribution in [0.5, 0.6) is 0 Å². The van der Waals surface area contributed by atoms with Crippen molar-refractivity contribution in [3.05, 3.63) is 244 Å². The minimum atomic E-state index is -0.123. The molecule has 5 N–H and O–H groups in total. The highest BCUT2D eigenvalue weighted by Gasteiger charge is 2.65. The number of aliphatic hydroxyl groups excluding tert-OH is 5. The minimum Gasteiger partial charge on any atom is -0.393 e. The molecule has 0 amide bonds. The van der Waals surface area contributed by atoms with E-state index in [4.69, 9.17) is 15.2 Å². The molecule has 22 aliphatic carbocycles. The van der Waals surface area contributed by atoms with Crippen LogP contribution in [0.2, 0.25) is 0 Å². The van der Waals surface area contributed by atoms with E-state index in [1.54, 1.807) is 44.6 Å². The lowest BCUT2D eigenvalue weighted by molar-refractivity contribution is -0.0239. The van der Waals surface area contributed by atoms with Crippen molar-refractivity contribution in [3.8, 4) is 11.3 Å². The first kappa shape index (κ1) is 97.5. The Morgan fingerprint density at radius 1 is 0.333 bits per heavy atom. The van der Waals surface area contributed by atoms with Crippen LogP contribution >= 0.6 is 0 Å². The van der Waals surface area contributed by atoms with Crippen molar-refractivity contribution in [1.82, 2.24) is 48.5 Å². The summed E-state index contributed by atoms with van der Waals surface area (Å²) in [4.78, 5) is 14.1. The molecule has 6 aromatic rings. The summed E-state index contributed by atoms with van der Waals surface area (Å²) in [6.45, 7) is 26.3. The summed E-state index contributed by atoms with van der Waals surface area (Å²) in [6, 6.07) is 18.9. The highest BCUT2D eigenvalue weighted by Crippen LogP contribution is 2.74. The zero-order chi connectivity index (χ0) is 101. The molecule has 15 nitrogen and oxygen atoms in total. The highest BCUT2D eigenvalue weighted by atomic mass is 16.3. The molecule has 0 spiro atoms. The van der Waals surface area contributed by atoms with E-state index in [9.17, 15) is 25.5 Å². The van der Waals surface area contributed by atoms with Crippen molar-refractivity contribution in [2.24, 2.45) is 150 Å². The second-order valence-electron chi connectivity index (χ2n) is 53.9. The summed E-state index contributed by atoms with van der Waals surface area (Å²) in [5.74, 6) is 11.4. The van der Waals surface area contributed by atoms with Crippen molar-refractivity contribution in [2.75, 3.05) is 0 Å². The fourth-order valence-corrected chi connectivity index (χ4v) is 39.6. The number of nitrogens with zero attached hydrogens (tertiary/aromatic N) is 10. The van der Waals surface area contributed by atoms with Crippen molar-refractivity contribution in [3.63, 3.8) is 0 Å². The lowest BCUT2D eigenvalue weighted by atomic mass is 9.47. The SMILES string of the molecule is C[C@]12CC[C@H](O)CC1=CCC1C2CC[C@]2(C)C(c3cnc4cccccc3-4)=CCC12.C[C@]12CC[C@H](O)CC1=CCC1C2CC[C@]2(C)C(c3cnc4ccccn34)=CCC12.C[C@]12CC[C@H](O)CC1=CCC1C2CC[C@]2(C)C(c3cnn4c3C=CCC4)=CCC12.C[C@]12CC[C@H](O)CC1=CCC1C2CC[C@]2(C)C(c3cnn4cccnc34)=CCC12.Cn1nc2c(c1C1=CCC3C4CC=C5C[C@@H](O)CC[C@]5(C)C4CC[C@]13C)C=CCC2. The smallest absolute Gasteiger partial charge is 0.162 e. The normalized spacial score (nSPS) is 41.6. The van der Waals surface area contributed by atoms with E-state index < -0.39 is 0 Å². The van der Waals surface area contributed by atoms with Crippen molar-refractivity contribution < 1.29 is 25.5 Å². The van der Waals surface area contributed by atoms with Gasteiger partial charge in [-0.2, -0.15) is 15.3 Å². The van der Waals surface area contributed by atoms with E-state index in [1.807, 2.05) is 29.2 Å². The maximum absolute atomic E-state index is 10.3. The minimum absolute atomic E-state index is 0.110. The molecule has 24 aliphatic rings. The third-order valence-corrected chi connectivity index (χ3v) is 47.7. The molecule has 147 heavy (non-hydrogen) atoms. The zero-order valence-electron chi connectivity index (χ0n) is 90.2. The van der Waals surface area contributed by atoms with E-state index >= 15 is 0 Å². The van der Waals surface area contributed by atoms with Crippen LogP contribution in [0.3, 0.4) is 0 Å². The summed E-state index contributed by atoms with van der Waals surface area (Å²) in [6.07, 6.45) is 92.1. The lowest BCUT2D eigenvalue weighted by Crippen LogP contribution is -2.49. The second-order valence-corrected chi connectivity index (χ2v) is 53.9. The van der Waals surface area contributed by atoms with Gasteiger partial charge in [0.1, 0.15) is 5.65 Å². The number of rotatable bonds is 5. The fourth-order valence-electron chi connectivity index (χ4n) is 39.6. The molecule has 2 aliphatic heterocycles. The van der Waals surface area contributed by atoms with Crippen LogP contribution < -0.4 is 0 Å². The van der Waals surface area contributed by atoms with Gasteiger partial charge in [-0.15, -0.1) is 0 Å². The van der Waals surface area contributed by atoms with Gasteiger partial charge in [0, 0.05) is 66.2 Å². The Morgan fingerprint density at radius 3 is 1.22 bits per heavy atom. The molecule has 0 saturated heterocycles. The third-order valence-electron chi connectivity index (χ3n) is 47.7. The number of aryl methyl sites for hydroxylation is 3. The monoisotopic (exact) mass is 1970 g/mol. The molecule has 15 unspecified atom stereocenters. The molecular weight excluding hydrogens is 1810 g/mol. The maximum atomic E-state index is 10.3. The Labute approximate surface area is 875 Å². The quantitative estimate of drug-likeness (QED) is 0.103. The van der Waals surface area contributed by atoms with Gasteiger partial charge in [-0.1, -0.05) is 206 Å². The first-order valence-corrected chi connectivity index (χ1v) is 58.9. The number of pyridine rings is 1. The molecule has 30 rings (SSSR count). The fraction of sp³-hybridized carbons (Fsp3) is 0.606. The highest BCUT2D eigenvalue weighted by molar-refractivity contribution is 5.86. The van der Waals surface area contributed by atoms with Crippen LogP contribution in [0.15, 0.2) is 199 Å². The molecule has 10 saturated carbocycles. The number of hydrogen-bond donors (Lipinski definition) is 5. The van der Waals surface area contributed by atoms with E-state index in [0.29, 0.717) is 33.0 Å². The van der Waals surface area contributed by atoms with E-state index in [-0.39, 0.29) is 57.6 Å². The van der Waals surface area contributed by atoms with Crippen LogP contribution in [0.1, 0.15) is 352 Å². The van der Waals surface area contributed by atoms with Crippen molar-refractivity contribution >= 4 is 51.3 Å². The molecule has 8 heterocycles. The summed E-state index contributed by atoms with van der Waals surface area (Å²) in [5.41, 5.74) is 33.5.